The highest BCUT2D eigenvalue weighted by Gasteiger charge is 2.68. The molecule has 0 unspecified atom stereocenters. The average Bonchev–Trinajstić information content (AvgIpc) is 3.41. The lowest BCUT2D eigenvalue weighted by atomic mass is 9.73. The molecule has 4 atom stereocenters. The molecule has 2 amide bonds. The molecule has 4 heterocycles. The van der Waals surface area contributed by atoms with E-state index in [0.717, 1.165) is 29.4 Å². The van der Waals surface area contributed by atoms with Crippen LogP contribution in [0.2, 0.25) is 0 Å². The van der Waals surface area contributed by atoms with Crippen molar-refractivity contribution in [2.45, 2.75) is 31.1 Å². The Kier molecular flexibility index (Phi) is 3.92. The van der Waals surface area contributed by atoms with Crippen molar-refractivity contribution in [2.24, 2.45) is 17.6 Å². The number of fused-ring (bicyclic) bond motifs is 2. The molecule has 2 bridgehead atoms. The van der Waals surface area contributed by atoms with Crippen molar-refractivity contribution in [3.8, 4) is 0 Å². The molecule has 2 aromatic rings. The number of nitrogens with two attached hydrogens (primary N) is 1. The average molecular weight is 387 g/mol. The van der Waals surface area contributed by atoms with Crippen LogP contribution in [0.5, 0.6) is 0 Å². The van der Waals surface area contributed by atoms with E-state index in [4.69, 9.17) is 10.5 Å². The molecule has 9 heteroatoms. The lowest BCUT2D eigenvalue weighted by Crippen LogP contribution is -2.45. The number of hydrogen-bond acceptors (Lipinski definition) is 7. The molecule has 3 N–H and O–H groups in total. The van der Waals surface area contributed by atoms with Gasteiger partial charge >= 0.3 is 0 Å². The largest absolute Gasteiger partial charge is 0.368 e. The van der Waals surface area contributed by atoms with Gasteiger partial charge in [-0.25, -0.2) is 0 Å². The first-order chi connectivity index (χ1) is 13.1. The van der Waals surface area contributed by atoms with Gasteiger partial charge in [-0.1, -0.05) is 6.07 Å². The second-order valence-corrected chi connectivity index (χ2v) is 8.15. The van der Waals surface area contributed by atoms with E-state index in [1.807, 2.05) is 18.2 Å². The van der Waals surface area contributed by atoms with Gasteiger partial charge in [0.15, 0.2) is 0 Å². The normalized spacial score (nSPS) is 31.7. The number of carbonyl (C=O) groups is 2. The number of likely N-dealkylation sites (tertiary alicyclic amines) is 1. The molecule has 1 aromatic heterocycles. The Labute approximate surface area is 160 Å². The summed E-state index contributed by atoms with van der Waals surface area (Å²) in [7, 11) is 0. The molecule has 5 rings (SSSR count). The van der Waals surface area contributed by atoms with Crippen LogP contribution < -0.4 is 11.1 Å². The van der Waals surface area contributed by atoms with Crippen LogP contribution in [0.15, 0.2) is 18.2 Å². The molecule has 1 spiro atoms. The zero-order chi connectivity index (χ0) is 18.6. The van der Waals surface area contributed by atoms with Crippen molar-refractivity contribution in [3.63, 3.8) is 0 Å². The maximum Gasteiger partial charge on any atom is 0.229 e. The summed E-state index contributed by atoms with van der Waals surface area (Å²) >= 11 is 1.17. The topological polar surface area (TPSA) is 110 Å². The van der Waals surface area contributed by atoms with Gasteiger partial charge in [-0.3, -0.25) is 9.59 Å². The summed E-state index contributed by atoms with van der Waals surface area (Å²) < 4.78 is 14.6. The number of amides is 2. The molecular formula is C18H21N5O3S. The highest BCUT2D eigenvalue weighted by molar-refractivity contribution is 7.00. The fourth-order valence-corrected chi connectivity index (χ4v) is 5.45. The number of aromatic nitrogens is 2. The van der Waals surface area contributed by atoms with Crippen molar-refractivity contribution in [1.29, 1.82) is 0 Å². The summed E-state index contributed by atoms with van der Waals surface area (Å²) in [5.41, 5.74) is 7.79. The van der Waals surface area contributed by atoms with Gasteiger partial charge in [0.05, 0.1) is 41.8 Å². The Morgan fingerprint density at radius 3 is 3.11 bits per heavy atom. The Morgan fingerprint density at radius 2 is 2.26 bits per heavy atom. The van der Waals surface area contributed by atoms with Crippen molar-refractivity contribution < 1.29 is 14.3 Å². The van der Waals surface area contributed by atoms with Crippen molar-refractivity contribution >= 4 is 34.6 Å². The molecule has 142 valence electrons. The van der Waals surface area contributed by atoms with Crippen LogP contribution in [0.25, 0.3) is 11.0 Å². The standard InChI is InChI=1S/C18H21N5O3S/c19-5-6-23-9-18-4-3-13(26-18)14(15(18)17(23)25)16(24)20-8-10-1-2-11-12(7-10)22-27-21-11/h1-2,7,13-15H,3-6,8-9,19H2,(H,20,24)/t13-,14-,15+,18-/m0/s1. The first kappa shape index (κ1) is 17.0. The maximum atomic E-state index is 13.0. The van der Waals surface area contributed by atoms with Gasteiger partial charge in [0.25, 0.3) is 0 Å². The summed E-state index contributed by atoms with van der Waals surface area (Å²) in [6.07, 6.45) is 1.51. The van der Waals surface area contributed by atoms with E-state index in [1.54, 1.807) is 4.90 Å². The molecule has 0 aliphatic carbocycles. The molecule has 27 heavy (non-hydrogen) atoms. The van der Waals surface area contributed by atoms with Gasteiger partial charge in [-0.05, 0) is 30.5 Å². The summed E-state index contributed by atoms with van der Waals surface area (Å²) in [4.78, 5) is 27.6. The highest BCUT2D eigenvalue weighted by Crippen LogP contribution is 2.55. The van der Waals surface area contributed by atoms with Crippen LogP contribution in [-0.2, 0) is 20.9 Å². The molecule has 0 radical (unpaired) electrons. The highest BCUT2D eigenvalue weighted by atomic mass is 32.1. The van der Waals surface area contributed by atoms with E-state index in [2.05, 4.69) is 14.1 Å². The van der Waals surface area contributed by atoms with Gasteiger partial charge in [0.1, 0.15) is 11.0 Å². The molecule has 8 nitrogen and oxygen atoms in total. The summed E-state index contributed by atoms with van der Waals surface area (Å²) in [5.74, 6) is -0.893. The van der Waals surface area contributed by atoms with Crippen LogP contribution in [0.4, 0.5) is 0 Å². The second kappa shape index (κ2) is 6.22. The quantitative estimate of drug-likeness (QED) is 0.762. The summed E-state index contributed by atoms with van der Waals surface area (Å²) in [6, 6.07) is 5.77. The van der Waals surface area contributed by atoms with Gasteiger partial charge in [0.2, 0.25) is 11.8 Å². The lowest BCUT2D eigenvalue weighted by molar-refractivity contribution is -0.138. The summed E-state index contributed by atoms with van der Waals surface area (Å²) in [5, 5.41) is 3.00. The number of carbonyl (C=O) groups excluding carboxylic acids is 2. The first-order valence-electron chi connectivity index (χ1n) is 9.27. The maximum absolute atomic E-state index is 13.0. The predicted octanol–water partition coefficient (Wildman–Crippen LogP) is 0.272. The van der Waals surface area contributed by atoms with Gasteiger partial charge in [0, 0.05) is 19.6 Å². The SMILES string of the molecule is NCCN1C[C@]23CC[C@H](O2)[C@H](C(=O)NCc2ccc4nsnc4c2)[C@@H]3C1=O. The molecule has 3 aliphatic rings. The van der Waals surface area contributed by atoms with Gasteiger partial charge in [-0.2, -0.15) is 8.75 Å². The number of nitrogens with one attached hydrogen (secondary N) is 1. The third kappa shape index (κ3) is 2.56. The van der Waals surface area contributed by atoms with E-state index >= 15 is 0 Å². The van der Waals surface area contributed by atoms with E-state index in [0.29, 0.717) is 26.2 Å². The third-order valence-electron chi connectivity index (χ3n) is 6.09. The number of ether oxygens (including phenoxy) is 1. The Hall–Kier alpha value is -2.10. The lowest BCUT2D eigenvalue weighted by Gasteiger charge is -2.27. The fourth-order valence-electron chi connectivity index (χ4n) is 4.93. The Bertz CT molecular complexity index is 917. The molecule has 3 fully saturated rings. The summed E-state index contributed by atoms with van der Waals surface area (Å²) in [6.45, 7) is 1.89. The zero-order valence-corrected chi connectivity index (χ0v) is 15.6. The predicted molar refractivity (Wildman–Crippen MR) is 98.7 cm³/mol. The number of benzene rings is 1. The van der Waals surface area contributed by atoms with Crippen molar-refractivity contribution in [2.75, 3.05) is 19.6 Å². The smallest absolute Gasteiger partial charge is 0.229 e. The van der Waals surface area contributed by atoms with Gasteiger partial charge in [-0.15, -0.1) is 0 Å². The fraction of sp³-hybridized carbons (Fsp3) is 0.556. The minimum atomic E-state index is -0.496. The number of nitrogens with zero attached hydrogens (tertiary/aromatic N) is 3. The zero-order valence-electron chi connectivity index (χ0n) is 14.8. The number of hydrogen-bond donors (Lipinski definition) is 2. The number of rotatable bonds is 5. The Balaban J connectivity index is 1.32. The van der Waals surface area contributed by atoms with E-state index in [1.165, 1.54) is 11.7 Å². The molecule has 0 saturated carbocycles. The van der Waals surface area contributed by atoms with E-state index < -0.39 is 11.5 Å². The second-order valence-electron chi connectivity index (χ2n) is 7.62. The minimum absolute atomic E-state index is 0.0118. The first-order valence-corrected chi connectivity index (χ1v) is 10.00. The van der Waals surface area contributed by atoms with Crippen LogP contribution in [0, 0.1) is 11.8 Å². The van der Waals surface area contributed by atoms with Crippen molar-refractivity contribution in [1.82, 2.24) is 19.0 Å². The minimum Gasteiger partial charge on any atom is -0.368 e. The Morgan fingerprint density at radius 1 is 1.41 bits per heavy atom. The van der Waals surface area contributed by atoms with E-state index in [-0.39, 0.29) is 23.8 Å². The molecule has 3 aliphatic heterocycles. The van der Waals surface area contributed by atoms with Crippen LogP contribution in [-0.4, -0.2) is 56.8 Å². The van der Waals surface area contributed by atoms with Crippen LogP contribution in [0.3, 0.4) is 0 Å². The van der Waals surface area contributed by atoms with E-state index in [9.17, 15) is 9.59 Å². The van der Waals surface area contributed by atoms with Crippen LogP contribution in [0.1, 0.15) is 18.4 Å². The molecule has 1 aromatic carbocycles. The molecule has 3 saturated heterocycles. The van der Waals surface area contributed by atoms with Crippen LogP contribution >= 0.6 is 11.7 Å². The third-order valence-corrected chi connectivity index (χ3v) is 6.64. The monoisotopic (exact) mass is 387 g/mol. The van der Waals surface area contributed by atoms with Gasteiger partial charge < -0.3 is 20.7 Å². The molecular weight excluding hydrogens is 366 g/mol. The van der Waals surface area contributed by atoms with Crippen molar-refractivity contribution in [3.05, 3.63) is 23.8 Å².